The van der Waals surface area contributed by atoms with Gasteiger partial charge in [-0.1, -0.05) is 80.1 Å². The van der Waals surface area contributed by atoms with Crippen LogP contribution in [-0.4, -0.2) is 74.4 Å². The van der Waals surface area contributed by atoms with Crippen molar-refractivity contribution >= 4 is 26.5 Å². The maximum atomic E-state index is 12.8. The number of halogens is 2. The third-order valence-corrected chi connectivity index (χ3v) is 16.9. The van der Waals surface area contributed by atoms with Gasteiger partial charge in [0.2, 0.25) is 0 Å². The van der Waals surface area contributed by atoms with Gasteiger partial charge in [0.25, 0.3) is 0 Å². The molecule has 8 heteroatoms. The van der Waals surface area contributed by atoms with E-state index in [1.807, 2.05) is 0 Å². The van der Waals surface area contributed by atoms with Crippen LogP contribution in [0.4, 0.5) is 0 Å². The fraction of sp³-hybridized carbons (Fsp3) is 0.933. The number of esters is 2. The van der Waals surface area contributed by atoms with Crippen molar-refractivity contribution in [2.45, 2.75) is 119 Å². The van der Waals surface area contributed by atoms with E-state index in [9.17, 15) is 9.59 Å². The van der Waals surface area contributed by atoms with Gasteiger partial charge in [-0.05, 0) is 38.5 Å². The zero-order valence-corrected chi connectivity index (χ0v) is 30.8. The molecule has 0 aromatic heterocycles. The van der Waals surface area contributed by atoms with E-state index in [1.165, 1.54) is 114 Å². The molecule has 0 amide bonds. The van der Waals surface area contributed by atoms with E-state index >= 15 is 0 Å². The van der Waals surface area contributed by atoms with Crippen molar-refractivity contribution in [3.05, 3.63) is 0 Å². The second-order valence-corrected chi connectivity index (χ2v) is 19.6. The summed E-state index contributed by atoms with van der Waals surface area (Å²) in [4.78, 5) is 25.7. The Hall–Kier alpha value is 0.760. The van der Waals surface area contributed by atoms with Crippen molar-refractivity contribution in [3.8, 4) is 0 Å². The Morgan fingerprint density at radius 2 is 0.658 bits per heavy atom. The molecule has 0 aromatic carbocycles. The summed E-state index contributed by atoms with van der Waals surface area (Å²) < 4.78 is 11.3. The molecule has 0 aliphatic heterocycles. The summed E-state index contributed by atoms with van der Waals surface area (Å²) in [5.74, 6) is -0.142. The maximum Gasteiger partial charge on any atom is 0.343 e. The first-order valence-corrected chi connectivity index (χ1v) is 20.4. The molecule has 4 nitrogen and oxygen atoms in total. The van der Waals surface area contributed by atoms with E-state index < -0.39 is 14.5 Å². The van der Waals surface area contributed by atoms with Crippen LogP contribution < -0.4 is 34.0 Å². The average Bonchev–Trinajstić information content (AvgIpc) is 2.88. The summed E-state index contributed by atoms with van der Waals surface area (Å²) in [5.41, 5.74) is 0. The van der Waals surface area contributed by atoms with Crippen LogP contribution in [-0.2, 0) is 19.1 Å². The molecular weight excluding hydrogens is 646 g/mol. The monoisotopic (exact) mass is 706 g/mol. The van der Waals surface area contributed by atoms with Gasteiger partial charge in [-0.3, -0.25) is 0 Å². The van der Waals surface area contributed by atoms with Crippen LogP contribution in [0.1, 0.15) is 119 Å². The number of ether oxygens (including phenoxy) is 2. The first-order valence-electron chi connectivity index (χ1n) is 15.4. The van der Waals surface area contributed by atoms with Crippen LogP contribution in [0.3, 0.4) is 0 Å². The van der Waals surface area contributed by atoms with Gasteiger partial charge in [-0.15, -0.1) is 0 Å². The SMILES string of the molecule is CCCC[P+](CCCC)(CCCC)CC(=O)OCCOC(=O)C[P+](CCCC)(CCCC)CCCC.[Br-].[Br-]. The highest BCUT2D eigenvalue weighted by Gasteiger charge is 2.40. The molecule has 0 aliphatic rings. The molecule has 0 spiro atoms. The topological polar surface area (TPSA) is 52.6 Å². The zero-order valence-electron chi connectivity index (χ0n) is 25.8. The van der Waals surface area contributed by atoms with Gasteiger partial charge in [0.1, 0.15) is 13.2 Å². The Morgan fingerprint density at radius 3 is 0.842 bits per heavy atom. The first-order chi connectivity index (χ1) is 17.4. The lowest BCUT2D eigenvalue weighted by molar-refractivity contribution is -0.149. The lowest BCUT2D eigenvalue weighted by atomic mass is 10.4. The Labute approximate surface area is 259 Å². The lowest BCUT2D eigenvalue weighted by Crippen LogP contribution is -3.00. The van der Waals surface area contributed by atoms with Crippen molar-refractivity contribution in [2.24, 2.45) is 0 Å². The van der Waals surface area contributed by atoms with E-state index in [1.54, 1.807) is 0 Å². The highest BCUT2D eigenvalue weighted by molar-refractivity contribution is 7.77. The van der Waals surface area contributed by atoms with E-state index in [4.69, 9.17) is 9.47 Å². The van der Waals surface area contributed by atoms with Gasteiger partial charge in [0, 0.05) is 14.5 Å². The second-order valence-electron chi connectivity index (χ2n) is 10.9. The summed E-state index contributed by atoms with van der Waals surface area (Å²) in [6.45, 7) is 13.8. The first kappa shape index (κ1) is 43.2. The summed E-state index contributed by atoms with van der Waals surface area (Å²) >= 11 is 0. The third-order valence-electron chi connectivity index (χ3n) is 7.45. The summed E-state index contributed by atoms with van der Waals surface area (Å²) in [6, 6.07) is 0. The summed E-state index contributed by atoms with van der Waals surface area (Å²) in [6.07, 6.45) is 22.9. The van der Waals surface area contributed by atoms with Gasteiger partial charge in [-0.25, -0.2) is 9.59 Å². The minimum Gasteiger partial charge on any atom is -1.00 e. The molecule has 0 rings (SSSR count). The molecule has 0 radical (unpaired) electrons. The van der Waals surface area contributed by atoms with Gasteiger partial charge >= 0.3 is 11.9 Å². The normalized spacial score (nSPS) is 11.4. The van der Waals surface area contributed by atoms with Crippen LogP contribution >= 0.6 is 14.5 Å². The largest absolute Gasteiger partial charge is 1.00 e. The molecule has 0 aliphatic carbocycles. The third kappa shape index (κ3) is 20.6. The van der Waals surface area contributed by atoms with Gasteiger partial charge in [0.05, 0.1) is 37.0 Å². The predicted molar refractivity (Wildman–Crippen MR) is 164 cm³/mol. The van der Waals surface area contributed by atoms with Crippen LogP contribution in [0, 0.1) is 0 Å². The molecule has 0 fully saturated rings. The zero-order chi connectivity index (χ0) is 27.1. The fourth-order valence-electron chi connectivity index (χ4n) is 5.06. The van der Waals surface area contributed by atoms with Crippen molar-refractivity contribution in [2.75, 3.05) is 62.5 Å². The Morgan fingerprint density at radius 1 is 0.447 bits per heavy atom. The number of hydrogen-bond acceptors (Lipinski definition) is 4. The molecule has 0 saturated carbocycles. The molecule has 0 atom stereocenters. The van der Waals surface area contributed by atoms with Gasteiger partial charge in [0.15, 0.2) is 12.3 Å². The minimum absolute atomic E-state index is 0. The smallest absolute Gasteiger partial charge is 0.343 e. The molecule has 0 heterocycles. The average molecular weight is 709 g/mol. The Kier molecular flexibility index (Phi) is 31.7. The summed E-state index contributed by atoms with van der Waals surface area (Å²) in [7, 11) is -2.62. The van der Waals surface area contributed by atoms with Crippen molar-refractivity contribution in [3.63, 3.8) is 0 Å². The molecule has 0 N–H and O–H groups in total. The number of carbonyl (C=O) groups is 2. The number of unbranched alkanes of at least 4 members (excludes halogenated alkanes) is 6. The molecule has 0 aromatic rings. The second kappa shape index (κ2) is 27.9. The van der Waals surface area contributed by atoms with E-state index in [2.05, 4.69) is 41.5 Å². The fourth-order valence-corrected chi connectivity index (χ4v) is 14.5. The van der Waals surface area contributed by atoms with Gasteiger partial charge < -0.3 is 43.4 Å². The number of rotatable bonds is 25. The molecular formula is C30H62Br2O4P2. The number of carbonyl (C=O) groups excluding carboxylic acids is 2. The quantitative estimate of drug-likeness (QED) is 0.0833. The predicted octanol–water partition coefficient (Wildman–Crippen LogP) is 2.92. The van der Waals surface area contributed by atoms with E-state index in [-0.39, 0.29) is 59.1 Å². The highest BCUT2D eigenvalue weighted by atomic mass is 79.9. The highest BCUT2D eigenvalue weighted by Crippen LogP contribution is 2.61. The summed E-state index contributed by atoms with van der Waals surface area (Å²) in [5, 5.41) is 0. The van der Waals surface area contributed by atoms with Crippen molar-refractivity contribution in [1.82, 2.24) is 0 Å². The van der Waals surface area contributed by atoms with Crippen LogP contribution in [0.2, 0.25) is 0 Å². The minimum atomic E-state index is -1.31. The van der Waals surface area contributed by atoms with Crippen LogP contribution in [0.15, 0.2) is 0 Å². The van der Waals surface area contributed by atoms with Crippen LogP contribution in [0.25, 0.3) is 0 Å². The molecule has 230 valence electrons. The van der Waals surface area contributed by atoms with Crippen molar-refractivity contribution < 1.29 is 53.0 Å². The Balaban J connectivity index is -0.00000612. The maximum absolute atomic E-state index is 12.8. The lowest BCUT2D eigenvalue weighted by Gasteiger charge is -2.27. The van der Waals surface area contributed by atoms with Crippen molar-refractivity contribution in [1.29, 1.82) is 0 Å². The van der Waals surface area contributed by atoms with Crippen LogP contribution in [0.5, 0.6) is 0 Å². The van der Waals surface area contributed by atoms with E-state index in [0.717, 1.165) is 0 Å². The number of hydrogen-bond donors (Lipinski definition) is 0. The van der Waals surface area contributed by atoms with E-state index in [0.29, 0.717) is 12.3 Å². The Bertz CT molecular complexity index is 473. The van der Waals surface area contributed by atoms with Gasteiger partial charge in [-0.2, -0.15) is 0 Å². The molecule has 38 heavy (non-hydrogen) atoms. The molecule has 0 bridgehead atoms. The standard InChI is InChI=1S/C30H62O4P2.2BrH/c1-7-13-21-35(22-14-8-2,23-15-9-3)27-29(31)33-19-20-34-30(32)28-36(24-16-10-4,25-17-11-5)26-18-12-6;;/h7-28H2,1-6H3;2*1H/q+2;;/p-2. The molecule has 0 saturated heterocycles. The molecule has 0 unspecified atom stereocenters.